The molecule has 0 spiro atoms. The van der Waals surface area contributed by atoms with Crippen molar-refractivity contribution < 1.29 is 5.11 Å². The van der Waals surface area contributed by atoms with Crippen LogP contribution in [0.25, 0.3) is 89.6 Å². The van der Waals surface area contributed by atoms with Crippen LogP contribution in [-0.4, -0.2) is 50.5 Å². The molecule has 7 aromatic carbocycles. The van der Waals surface area contributed by atoms with Gasteiger partial charge in [0.1, 0.15) is 11.6 Å². The zero-order valence-corrected chi connectivity index (χ0v) is 49.9. The van der Waals surface area contributed by atoms with Gasteiger partial charge in [0.25, 0.3) is 0 Å². The van der Waals surface area contributed by atoms with E-state index in [0.29, 0.717) is 11.4 Å². The average molecular weight is 1070 g/mol. The zero-order valence-electron chi connectivity index (χ0n) is 46.8. The van der Waals surface area contributed by atoms with E-state index in [9.17, 15) is 5.11 Å². The SMILES string of the molecule is CC(C)(C)c1cc(-c2cccc3c2nc(-c2cc(C(C)(C)C)cc(C(C)(C)C)c2O)n3-c2ccc([Si](C)(C)C)cc2-c2ccccc2)cc(-c2nc3cnccc3n2-c2cc[c]([Ge]([CH3])([CH3])[CH3])cc2-c2ccccc2)c1. The number of phenolic OH excluding ortho intramolecular Hbond substituents is 1. The van der Waals surface area contributed by atoms with Crippen molar-refractivity contribution in [3.8, 4) is 73.3 Å². The fourth-order valence-corrected chi connectivity index (χ4v) is 14.0. The molecule has 3 aromatic heterocycles. The summed E-state index contributed by atoms with van der Waals surface area (Å²) in [6, 6.07) is 55.7. The van der Waals surface area contributed by atoms with Crippen molar-refractivity contribution in [1.29, 1.82) is 0 Å². The number of benzene rings is 7. The maximum atomic E-state index is 12.7. The number of para-hydroxylation sites is 1. The Labute approximate surface area is 449 Å². The van der Waals surface area contributed by atoms with Gasteiger partial charge >= 0.3 is 245 Å². The Balaban J connectivity index is 1.30. The Morgan fingerprint density at radius 3 is 1.67 bits per heavy atom. The molecule has 0 radical (unpaired) electrons. The molecule has 0 aliphatic rings. The number of aromatic hydroxyl groups is 1. The van der Waals surface area contributed by atoms with Gasteiger partial charge in [-0.1, -0.05) is 115 Å². The molecule has 10 aromatic rings. The van der Waals surface area contributed by atoms with E-state index in [1.165, 1.54) is 26.3 Å². The summed E-state index contributed by atoms with van der Waals surface area (Å²) in [6.45, 7) is 27.3. The number of fused-ring (bicyclic) bond motifs is 2. The first-order valence-electron chi connectivity index (χ1n) is 26.6. The third kappa shape index (κ3) is 9.86. The zero-order chi connectivity index (χ0) is 53.6. The number of hydrogen-bond acceptors (Lipinski definition) is 4. The van der Waals surface area contributed by atoms with Gasteiger partial charge in [0.05, 0.1) is 19.3 Å². The Kier molecular flexibility index (Phi) is 12.9. The van der Waals surface area contributed by atoms with Crippen LogP contribution >= 0.6 is 0 Å². The predicted molar refractivity (Wildman–Crippen MR) is 324 cm³/mol. The fourth-order valence-electron chi connectivity index (χ4n) is 10.4. The van der Waals surface area contributed by atoms with E-state index < -0.39 is 21.3 Å². The summed E-state index contributed by atoms with van der Waals surface area (Å²) in [6.07, 6.45) is 3.76. The maximum absolute atomic E-state index is 12.7. The van der Waals surface area contributed by atoms with Crippen LogP contribution in [0.3, 0.4) is 0 Å². The van der Waals surface area contributed by atoms with E-state index >= 15 is 0 Å². The van der Waals surface area contributed by atoms with E-state index in [2.05, 4.69) is 265 Å². The first-order chi connectivity index (χ1) is 35.3. The molecule has 0 saturated heterocycles. The second-order valence-electron chi connectivity index (χ2n) is 25.7. The summed E-state index contributed by atoms with van der Waals surface area (Å²) in [5.74, 6) is 9.18. The van der Waals surface area contributed by atoms with Gasteiger partial charge in [-0.2, -0.15) is 0 Å². The van der Waals surface area contributed by atoms with Crippen LogP contribution < -0.4 is 9.58 Å². The van der Waals surface area contributed by atoms with Crippen molar-refractivity contribution in [2.75, 3.05) is 0 Å². The Morgan fingerprint density at radius 1 is 0.480 bits per heavy atom. The molecule has 380 valence electrons. The Hall–Kier alpha value is -6.81. The minimum atomic E-state index is -2.26. The second kappa shape index (κ2) is 18.8. The van der Waals surface area contributed by atoms with Crippen molar-refractivity contribution >= 4 is 53.0 Å². The minimum absolute atomic E-state index is 0.201. The Bertz CT molecular complexity index is 3800. The molecular formula is C67H73GeN5OSi. The van der Waals surface area contributed by atoms with Crippen LogP contribution in [0.1, 0.15) is 79.0 Å². The van der Waals surface area contributed by atoms with Gasteiger partial charge < -0.3 is 5.11 Å². The Morgan fingerprint density at radius 2 is 1.07 bits per heavy atom. The van der Waals surface area contributed by atoms with Gasteiger partial charge in [-0.15, -0.1) is 0 Å². The van der Waals surface area contributed by atoms with E-state index in [4.69, 9.17) is 9.97 Å². The summed E-state index contributed by atoms with van der Waals surface area (Å²) >= 11 is -2.26. The molecule has 0 saturated carbocycles. The molecule has 0 amide bonds. The number of hydrogen-bond donors (Lipinski definition) is 1. The summed E-state index contributed by atoms with van der Waals surface area (Å²) in [5, 5.41) is 14.1. The molecular weight excluding hydrogens is 991 g/mol. The van der Waals surface area contributed by atoms with Gasteiger partial charge in [0.15, 0.2) is 0 Å². The van der Waals surface area contributed by atoms with Crippen LogP contribution in [0.2, 0.25) is 36.9 Å². The third-order valence-corrected chi connectivity index (χ3v) is 21.2. The van der Waals surface area contributed by atoms with Crippen LogP contribution in [0.15, 0.2) is 164 Å². The van der Waals surface area contributed by atoms with Gasteiger partial charge in [-0.25, -0.2) is 0 Å². The standard InChI is InChI=1S/C67H73GeN5OSi/c1-65(2,3)47-36-45(35-46(37-47)63-70-56-42-69-34-33-59(56)72(63)57-31-29-49(68(10,11)12)40-52(57)43-23-18-16-19-24-43)51-27-22-28-60-61(51)71-64(54-38-48(66(4,5)6)39-55(62(54)74)67(7,8)9)73(60)58-32-30-50(75(13,14)15)41-53(58)44-25-20-17-21-26-44/h16-42,74H,1-15H3. The number of phenols is 1. The topological polar surface area (TPSA) is 68.8 Å². The number of pyridine rings is 1. The molecule has 3 heterocycles. The van der Waals surface area contributed by atoms with Crippen molar-refractivity contribution in [1.82, 2.24) is 24.1 Å². The van der Waals surface area contributed by atoms with Gasteiger partial charge in [0.2, 0.25) is 0 Å². The molecule has 6 nitrogen and oxygen atoms in total. The van der Waals surface area contributed by atoms with E-state index in [0.717, 1.165) is 78.2 Å². The van der Waals surface area contributed by atoms with Gasteiger partial charge in [0, 0.05) is 11.1 Å². The fraction of sp³-hybridized carbons (Fsp3) is 0.269. The van der Waals surface area contributed by atoms with E-state index in [1.807, 2.05) is 12.4 Å². The van der Waals surface area contributed by atoms with Gasteiger partial charge in [-0.05, 0) is 40.2 Å². The predicted octanol–water partition coefficient (Wildman–Crippen LogP) is 16.8. The normalized spacial score (nSPS) is 12.8. The van der Waals surface area contributed by atoms with Crippen molar-refractivity contribution in [3.05, 3.63) is 181 Å². The first-order valence-corrected chi connectivity index (χ1v) is 37.4. The third-order valence-electron chi connectivity index (χ3n) is 14.9. The number of imidazole rings is 2. The molecule has 0 bridgehead atoms. The number of aromatic nitrogens is 5. The molecule has 0 aliphatic heterocycles. The molecule has 10 rings (SSSR count). The summed E-state index contributed by atoms with van der Waals surface area (Å²) in [7, 11) is -1.75. The second-order valence-corrected chi connectivity index (χ2v) is 41.5. The molecule has 0 atom stereocenters. The number of nitrogens with zero attached hydrogens (tertiary/aromatic N) is 5. The van der Waals surface area contributed by atoms with Gasteiger partial charge in [-0.3, -0.25) is 4.57 Å². The quantitative estimate of drug-likeness (QED) is 0.146. The van der Waals surface area contributed by atoms with E-state index in [1.54, 1.807) is 0 Å². The number of rotatable bonds is 9. The van der Waals surface area contributed by atoms with Crippen LogP contribution in [0.4, 0.5) is 0 Å². The molecule has 0 unspecified atom stereocenters. The molecule has 75 heavy (non-hydrogen) atoms. The molecule has 0 aliphatic carbocycles. The summed E-state index contributed by atoms with van der Waals surface area (Å²) in [5.41, 5.74) is 16.5. The van der Waals surface area contributed by atoms with Crippen molar-refractivity contribution in [3.63, 3.8) is 0 Å². The monoisotopic (exact) mass is 1070 g/mol. The molecule has 0 fully saturated rings. The molecule has 8 heteroatoms. The molecule has 1 N–H and O–H groups in total. The van der Waals surface area contributed by atoms with Crippen LogP contribution in [-0.2, 0) is 16.2 Å². The van der Waals surface area contributed by atoms with Crippen molar-refractivity contribution in [2.24, 2.45) is 0 Å². The first kappa shape index (κ1) is 51.7. The average Bonchev–Trinajstić information content (AvgIpc) is 3.94. The van der Waals surface area contributed by atoms with E-state index in [-0.39, 0.29) is 22.0 Å². The van der Waals surface area contributed by atoms with Crippen molar-refractivity contribution in [2.45, 2.75) is 115 Å². The summed E-state index contributed by atoms with van der Waals surface area (Å²) < 4.78 is 6.12. The summed E-state index contributed by atoms with van der Waals surface area (Å²) in [4.78, 5) is 15.9. The van der Waals surface area contributed by atoms with Crippen LogP contribution in [0, 0.1) is 0 Å². The van der Waals surface area contributed by atoms with Crippen LogP contribution in [0.5, 0.6) is 5.75 Å².